The molecular formula is C19H26N6OS3. The molecule has 0 aliphatic carbocycles. The van der Waals surface area contributed by atoms with Crippen molar-refractivity contribution in [1.29, 1.82) is 0 Å². The van der Waals surface area contributed by atoms with Crippen molar-refractivity contribution in [3.8, 4) is 0 Å². The molecule has 3 aromatic heterocycles. The summed E-state index contributed by atoms with van der Waals surface area (Å²) in [6.07, 6.45) is 0. The number of aromatic nitrogens is 4. The first-order valence-corrected chi connectivity index (χ1v) is 12.1. The zero-order chi connectivity index (χ0) is 20.6. The van der Waals surface area contributed by atoms with Crippen LogP contribution in [0.3, 0.4) is 0 Å². The van der Waals surface area contributed by atoms with E-state index in [0.717, 1.165) is 63.4 Å². The Kier molecular flexibility index (Phi) is 6.08. The fourth-order valence-electron chi connectivity index (χ4n) is 3.06. The van der Waals surface area contributed by atoms with Crippen LogP contribution in [0.2, 0.25) is 0 Å². The lowest BCUT2D eigenvalue weighted by molar-refractivity contribution is 0.0330. The first-order chi connectivity index (χ1) is 13.8. The molecule has 0 saturated carbocycles. The minimum atomic E-state index is -0.0456. The molecule has 3 aromatic rings. The molecule has 0 bridgehead atoms. The Bertz CT molecular complexity index is 1000. The Morgan fingerprint density at radius 3 is 2.59 bits per heavy atom. The summed E-state index contributed by atoms with van der Waals surface area (Å²) in [7, 11) is 0. The van der Waals surface area contributed by atoms with Gasteiger partial charge in [-0.15, -0.1) is 21.5 Å². The summed E-state index contributed by atoms with van der Waals surface area (Å²) in [4.78, 5) is 14.5. The highest BCUT2D eigenvalue weighted by atomic mass is 32.2. The van der Waals surface area contributed by atoms with Gasteiger partial charge in [-0.2, -0.15) is 0 Å². The molecule has 7 nitrogen and oxygen atoms in total. The minimum absolute atomic E-state index is 0.0456. The molecule has 156 valence electrons. The van der Waals surface area contributed by atoms with Crippen molar-refractivity contribution in [2.24, 2.45) is 0 Å². The van der Waals surface area contributed by atoms with Gasteiger partial charge in [0.25, 0.3) is 0 Å². The molecule has 0 atom stereocenters. The number of hydrogen-bond donors (Lipinski definition) is 1. The van der Waals surface area contributed by atoms with Crippen molar-refractivity contribution in [2.45, 2.75) is 56.1 Å². The van der Waals surface area contributed by atoms with Crippen molar-refractivity contribution in [3.63, 3.8) is 0 Å². The first-order valence-electron chi connectivity index (χ1n) is 9.65. The van der Waals surface area contributed by atoms with Crippen molar-refractivity contribution in [2.75, 3.05) is 31.6 Å². The molecule has 0 aromatic carbocycles. The zero-order valence-electron chi connectivity index (χ0n) is 17.4. The number of aryl methyl sites for hydroxylation is 2. The van der Waals surface area contributed by atoms with E-state index in [2.05, 4.69) is 55.0 Å². The first kappa shape index (κ1) is 20.9. The lowest BCUT2D eigenvalue weighted by Crippen LogP contribution is -2.36. The Balaban J connectivity index is 1.64. The van der Waals surface area contributed by atoms with Gasteiger partial charge in [-0.05, 0) is 51.9 Å². The number of thiophene rings is 1. The van der Waals surface area contributed by atoms with Crippen LogP contribution >= 0.6 is 34.4 Å². The molecule has 1 aliphatic heterocycles. The number of nitrogens with one attached hydrogen (secondary N) is 1. The van der Waals surface area contributed by atoms with Gasteiger partial charge >= 0.3 is 0 Å². The number of hydrogen-bond acceptors (Lipinski definition) is 10. The van der Waals surface area contributed by atoms with Gasteiger partial charge in [0, 0.05) is 28.9 Å². The van der Waals surface area contributed by atoms with Crippen LogP contribution in [-0.2, 0) is 11.3 Å². The lowest BCUT2D eigenvalue weighted by atomic mass is 10.1. The molecule has 1 fully saturated rings. The van der Waals surface area contributed by atoms with E-state index in [-0.39, 0.29) is 5.54 Å². The average Bonchev–Trinajstić information content (AvgIpc) is 3.18. The number of ether oxygens (including phenoxy) is 1. The summed E-state index contributed by atoms with van der Waals surface area (Å²) in [6, 6.07) is 0. The van der Waals surface area contributed by atoms with Gasteiger partial charge in [0.1, 0.15) is 15.7 Å². The summed E-state index contributed by atoms with van der Waals surface area (Å²) in [5.41, 5.74) is 1.21. The fourth-order valence-corrected chi connectivity index (χ4v) is 6.25. The van der Waals surface area contributed by atoms with Gasteiger partial charge in [0.05, 0.1) is 19.8 Å². The highest BCUT2D eigenvalue weighted by Crippen LogP contribution is 2.39. The maximum absolute atomic E-state index is 5.46. The molecule has 0 spiro atoms. The number of morpholine rings is 1. The molecule has 0 amide bonds. The van der Waals surface area contributed by atoms with E-state index in [1.54, 1.807) is 34.4 Å². The van der Waals surface area contributed by atoms with Gasteiger partial charge in [0.2, 0.25) is 5.13 Å². The van der Waals surface area contributed by atoms with Gasteiger partial charge in [-0.3, -0.25) is 4.90 Å². The highest BCUT2D eigenvalue weighted by molar-refractivity contribution is 8.01. The van der Waals surface area contributed by atoms with E-state index in [0.29, 0.717) is 0 Å². The molecule has 1 N–H and O–H groups in total. The molecule has 1 saturated heterocycles. The predicted molar refractivity (Wildman–Crippen MR) is 120 cm³/mol. The third-order valence-corrected chi connectivity index (χ3v) is 7.56. The average molecular weight is 451 g/mol. The van der Waals surface area contributed by atoms with Crippen LogP contribution < -0.4 is 5.32 Å². The molecule has 1 aliphatic rings. The van der Waals surface area contributed by atoms with Crippen LogP contribution in [0.4, 0.5) is 5.13 Å². The standard InChI is InChI=1S/C19H26N6OS3/c1-11-12(2)27-15-14(11)16(21-13(20-15)10-25-6-8-26-9-7-25)28-18-24-23-17(29-18)22-19(3,4)5/h6-10H2,1-5H3,(H,22,23). The molecule has 29 heavy (non-hydrogen) atoms. The van der Waals surface area contributed by atoms with Crippen LogP contribution in [-0.4, -0.2) is 56.9 Å². The van der Waals surface area contributed by atoms with Crippen LogP contribution in [0.15, 0.2) is 9.37 Å². The van der Waals surface area contributed by atoms with Gasteiger partial charge in [-0.25, -0.2) is 9.97 Å². The summed E-state index contributed by atoms with van der Waals surface area (Å²) in [5, 5.41) is 15.0. The summed E-state index contributed by atoms with van der Waals surface area (Å²) in [6.45, 7) is 14.8. The van der Waals surface area contributed by atoms with Crippen LogP contribution in [0.25, 0.3) is 10.2 Å². The quantitative estimate of drug-likeness (QED) is 0.575. The van der Waals surface area contributed by atoms with E-state index in [9.17, 15) is 0 Å². The summed E-state index contributed by atoms with van der Waals surface area (Å²) >= 11 is 4.89. The Hall–Kier alpha value is -1.33. The fraction of sp³-hybridized carbons (Fsp3) is 0.579. The lowest BCUT2D eigenvalue weighted by Gasteiger charge is -2.25. The molecule has 4 heterocycles. The Morgan fingerprint density at radius 2 is 1.86 bits per heavy atom. The van der Waals surface area contributed by atoms with Gasteiger partial charge in [-0.1, -0.05) is 11.3 Å². The molecule has 10 heteroatoms. The van der Waals surface area contributed by atoms with Gasteiger partial charge < -0.3 is 10.1 Å². The smallest absolute Gasteiger partial charge is 0.206 e. The van der Waals surface area contributed by atoms with E-state index in [1.165, 1.54) is 10.4 Å². The summed E-state index contributed by atoms with van der Waals surface area (Å²) in [5.74, 6) is 0.862. The maximum Gasteiger partial charge on any atom is 0.206 e. The molecule has 0 radical (unpaired) electrons. The monoisotopic (exact) mass is 450 g/mol. The van der Waals surface area contributed by atoms with E-state index >= 15 is 0 Å². The third kappa shape index (κ3) is 5.05. The number of nitrogens with zero attached hydrogens (tertiary/aromatic N) is 5. The zero-order valence-corrected chi connectivity index (χ0v) is 19.9. The second-order valence-corrected chi connectivity index (χ2v) is 11.6. The Labute approximate surface area is 183 Å². The molecular weight excluding hydrogens is 424 g/mol. The van der Waals surface area contributed by atoms with E-state index in [1.807, 2.05) is 0 Å². The van der Waals surface area contributed by atoms with Gasteiger partial charge in [0.15, 0.2) is 4.34 Å². The van der Waals surface area contributed by atoms with E-state index in [4.69, 9.17) is 14.7 Å². The predicted octanol–water partition coefficient (Wildman–Crippen LogP) is 4.35. The number of rotatable bonds is 5. The second kappa shape index (κ2) is 8.43. The minimum Gasteiger partial charge on any atom is -0.379 e. The number of anilines is 1. The molecule has 0 unspecified atom stereocenters. The second-order valence-electron chi connectivity index (χ2n) is 8.15. The van der Waals surface area contributed by atoms with Crippen LogP contribution in [0, 0.1) is 13.8 Å². The summed E-state index contributed by atoms with van der Waals surface area (Å²) < 4.78 is 6.35. The highest BCUT2D eigenvalue weighted by Gasteiger charge is 2.20. The SMILES string of the molecule is Cc1sc2nc(CN3CCOCC3)nc(Sc3nnc(NC(C)(C)C)s3)c2c1C. The van der Waals surface area contributed by atoms with E-state index < -0.39 is 0 Å². The van der Waals surface area contributed by atoms with Crippen molar-refractivity contribution < 1.29 is 4.74 Å². The van der Waals surface area contributed by atoms with Crippen LogP contribution in [0.1, 0.15) is 37.0 Å². The number of fused-ring (bicyclic) bond motifs is 1. The largest absolute Gasteiger partial charge is 0.379 e. The third-order valence-electron chi connectivity index (χ3n) is 4.58. The topological polar surface area (TPSA) is 76.1 Å². The van der Waals surface area contributed by atoms with Crippen molar-refractivity contribution in [1.82, 2.24) is 25.1 Å². The van der Waals surface area contributed by atoms with Crippen LogP contribution in [0.5, 0.6) is 0 Å². The molecule has 4 rings (SSSR count). The normalized spacial score (nSPS) is 15.9. The van der Waals surface area contributed by atoms with Crippen molar-refractivity contribution in [3.05, 3.63) is 16.3 Å². The maximum atomic E-state index is 5.46. The van der Waals surface area contributed by atoms with Crippen molar-refractivity contribution >= 4 is 49.8 Å². The Morgan fingerprint density at radius 1 is 1.10 bits per heavy atom.